The first-order chi connectivity index (χ1) is 10.1. The molecule has 0 heterocycles. The van der Waals surface area contributed by atoms with Gasteiger partial charge in [0.15, 0.2) is 0 Å². The van der Waals surface area contributed by atoms with Crippen LogP contribution in [0.5, 0.6) is 5.75 Å². The molecule has 4 heteroatoms. The summed E-state index contributed by atoms with van der Waals surface area (Å²) >= 11 is 0. The van der Waals surface area contributed by atoms with E-state index in [1.165, 1.54) is 0 Å². The van der Waals surface area contributed by atoms with Gasteiger partial charge in [0, 0.05) is 19.5 Å². The van der Waals surface area contributed by atoms with Crippen LogP contribution < -0.4 is 10.1 Å². The fourth-order valence-electron chi connectivity index (χ4n) is 2.32. The summed E-state index contributed by atoms with van der Waals surface area (Å²) in [5.41, 5.74) is 0.594. The highest BCUT2D eigenvalue weighted by Gasteiger charge is 2.23. The van der Waals surface area contributed by atoms with Crippen LogP contribution in [0.25, 0.3) is 0 Å². The largest absolute Gasteiger partial charge is 0.497 e. The Labute approximate surface area is 128 Å². The fourth-order valence-corrected chi connectivity index (χ4v) is 2.32. The summed E-state index contributed by atoms with van der Waals surface area (Å²) in [7, 11) is 1.66. The van der Waals surface area contributed by atoms with Crippen LogP contribution in [-0.2, 0) is 6.42 Å². The quantitative estimate of drug-likeness (QED) is 0.758. The topological polar surface area (TPSA) is 48.3 Å². The molecule has 1 unspecified atom stereocenters. The fraction of sp³-hybridized carbons (Fsp3) is 0.588. The van der Waals surface area contributed by atoms with E-state index in [-0.39, 0.29) is 0 Å². The molecule has 0 spiro atoms. The van der Waals surface area contributed by atoms with Gasteiger partial charge >= 0.3 is 0 Å². The van der Waals surface area contributed by atoms with Crippen molar-refractivity contribution >= 4 is 0 Å². The van der Waals surface area contributed by atoms with Crippen molar-refractivity contribution < 1.29 is 4.74 Å². The molecule has 0 fully saturated rings. The maximum Gasteiger partial charge on any atom is 0.118 e. The summed E-state index contributed by atoms with van der Waals surface area (Å²) in [6.45, 7) is 10.1. The van der Waals surface area contributed by atoms with Gasteiger partial charge in [-0.25, -0.2) is 0 Å². The number of rotatable bonds is 9. The van der Waals surface area contributed by atoms with Gasteiger partial charge in [-0.05, 0) is 37.7 Å². The second kappa shape index (κ2) is 8.66. The summed E-state index contributed by atoms with van der Waals surface area (Å²) in [4.78, 5) is 2.35. The average Bonchev–Trinajstić information content (AvgIpc) is 2.52. The van der Waals surface area contributed by atoms with E-state index in [0.717, 1.165) is 37.5 Å². The van der Waals surface area contributed by atoms with Crippen molar-refractivity contribution in [3.63, 3.8) is 0 Å². The number of ether oxygens (including phenoxy) is 1. The van der Waals surface area contributed by atoms with Crippen LogP contribution in [0.2, 0.25) is 0 Å². The van der Waals surface area contributed by atoms with Crippen molar-refractivity contribution in [2.75, 3.05) is 33.3 Å². The molecule has 0 radical (unpaired) electrons. The SMILES string of the molecule is CCN(CC)CCNC(C)(C#N)Cc1ccc(OC)cc1. The standard InChI is InChI=1S/C17H27N3O/c1-5-20(6-2)12-11-19-17(3,14-18)13-15-7-9-16(21-4)10-8-15/h7-10,19H,5-6,11-13H2,1-4H3. The van der Waals surface area contributed by atoms with Crippen LogP contribution in [0.1, 0.15) is 26.3 Å². The Morgan fingerprint density at radius 1 is 1.24 bits per heavy atom. The van der Waals surface area contributed by atoms with Gasteiger partial charge in [-0.2, -0.15) is 5.26 Å². The molecule has 1 rings (SSSR count). The van der Waals surface area contributed by atoms with Crippen molar-refractivity contribution in [2.45, 2.75) is 32.7 Å². The molecule has 4 nitrogen and oxygen atoms in total. The van der Waals surface area contributed by atoms with Gasteiger partial charge in [-0.1, -0.05) is 26.0 Å². The molecule has 0 aliphatic heterocycles. The Kier molecular flexibility index (Phi) is 7.21. The number of nitriles is 1. The third-order valence-corrected chi connectivity index (χ3v) is 3.80. The zero-order valence-electron chi connectivity index (χ0n) is 13.6. The van der Waals surface area contributed by atoms with Crippen LogP contribution >= 0.6 is 0 Å². The third-order valence-electron chi connectivity index (χ3n) is 3.80. The van der Waals surface area contributed by atoms with E-state index in [9.17, 15) is 5.26 Å². The maximum atomic E-state index is 9.48. The molecule has 21 heavy (non-hydrogen) atoms. The van der Waals surface area contributed by atoms with Crippen molar-refractivity contribution in [2.24, 2.45) is 0 Å². The summed E-state index contributed by atoms with van der Waals surface area (Å²) in [5, 5.41) is 12.9. The monoisotopic (exact) mass is 289 g/mol. The van der Waals surface area contributed by atoms with Crippen LogP contribution in [0, 0.1) is 11.3 Å². The molecule has 0 amide bonds. The van der Waals surface area contributed by atoms with E-state index >= 15 is 0 Å². The minimum Gasteiger partial charge on any atom is -0.497 e. The number of nitrogens with zero attached hydrogens (tertiary/aromatic N) is 2. The Hall–Kier alpha value is -1.57. The summed E-state index contributed by atoms with van der Waals surface area (Å²) in [6.07, 6.45) is 0.686. The van der Waals surface area contributed by atoms with Gasteiger partial charge in [-0.15, -0.1) is 0 Å². The predicted octanol–water partition coefficient (Wildman–Crippen LogP) is 2.45. The highest BCUT2D eigenvalue weighted by molar-refractivity contribution is 5.29. The minimum absolute atomic E-state index is 0.540. The molecule has 1 N–H and O–H groups in total. The molecule has 1 atom stereocenters. The first-order valence-corrected chi connectivity index (χ1v) is 7.58. The highest BCUT2D eigenvalue weighted by atomic mass is 16.5. The molecule has 0 aliphatic rings. The van der Waals surface area contributed by atoms with Gasteiger partial charge in [0.25, 0.3) is 0 Å². The zero-order chi connectivity index (χ0) is 15.7. The van der Waals surface area contributed by atoms with Crippen molar-refractivity contribution in [1.82, 2.24) is 10.2 Å². The molecule has 0 saturated heterocycles. The normalized spacial score (nSPS) is 13.7. The van der Waals surface area contributed by atoms with Gasteiger partial charge in [-0.3, -0.25) is 5.32 Å². The number of hydrogen-bond acceptors (Lipinski definition) is 4. The van der Waals surface area contributed by atoms with E-state index < -0.39 is 5.54 Å². The number of likely N-dealkylation sites (N-methyl/N-ethyl adjacent to an activating group) is 1. The van der Waals surface area contributed by atoms with Gasteiger partial charge in [0.05, 0.1) is 13.2 Å². The van der Waals surface area contributed by atoms with Crippen molar-refractivity contribution in [3.05, 3.63) is 29.8 Å². The molecular formula is C17H27N3O. The maximum absolute atomic E-state index is 9.48. The van der Waals surface area contributed by atoms with Gasteiger partial charge in [0.1, 0.15) is 11.3 Å². The molecule has 1 aromatic carbocycles. The number of methoxy groups -OCH3 is 1. The summed E-state index contributed by atoms with van der Waals surface area (Å²) in [6, 6.07) is 10.3. The van der Waals surface area contributed by atoms with Crippen LogP contribution in [0.15, 0.2) is 24.3 Å². The molecular weight excluding hydrogens is 262 g/mol. The Balaban J connectivity index is 2.56. The van der Waals surface area contributed by atoms with E-state index in [0.29, 0.717) is 6.42 Å². The van der Waals surface area contributed by atoms with E-state index in [1.807, 2.05) is 31.2 Å². The Morgan fingerprint density at radius 3 is 2.33 bits per heavy atom. The van der Waals surface area contributed by atoms with Crippen LogP contribution in [0.4, 0.5) is 0 Å². The van der Waals surface area contributed by atoms with E-state index in [4.69, 9.17) is 4.74 Å². The lowest BCUT2D eigenvalue weighted by Gasteiger charge is -2.26. The minimum atomic E-state index is -0.540. The van der Waals surface area contributed by atoms with Crippen LogP contribution in [-0.4, -0.2) is 43.7 Å². The Bertz CT molecular complexity index is 448. The number of nitrogens with one attached hydrogen (secondary N) is 1. The van der Waals surface area contributed by atoms with Crippen molar-refractivity contribution in [3.8, 4) is 11.8 Å². The average molecular weight is 289 g/mol. The zero-order valence-corrected chi connectivity index (χ0v) is 13.6. The summed E-state index contributed by atoms with van der Waals surface area (Å²) in [5.74, 6) is 0.840. The molecule has 116 valence electrons. The lowest BCUT2D eigenvalue weighted by Crippen LogP contribution is -2.46. The first kappa shape index (κ1) is 17.5. The number of hydrogen-bond donors (Lipinski definition) is 1. The molecule has 0 aliphatic carbocycles. The first-order valence-electron chi connectivity index (χ1n) is 7.58. The third kappa shape index (κ3) is 5.74. The Morgan fingerprint density at radius 2 is 1.86 bits per heavy atom. The summed E-state index contributed by atoms with van der Waals surface area (Å²) < 4.78 is 5.16. The molecule has 0 aromatic heterocycles. The van der Waals surface area contributed by atoms with Gasteiger partial charge in [0.2, 0.25) is 0 Å². The smallest absolute Gasteiger partial charge is 0.118 e. The second-order valence-corrected chi connectivity index (χ2v) is 5.42. The lowest BCUT2D eigenvalue weighted by molar-refractivity contribution is 0.289. The molecule has 0 saturated carbocycles. The second-order valence-electron chi connectivity index (χ2n) is 5.42. The molecule has 0 bridgehead atoms. The highest BCUT2D eigenvalue weighted by Crippen LogP contribution is 2.16. The molecule has 1 aromatic rings. The van der Waals surface area contributed by atoms with E-state index in [1.54, 1.807) is 7.11 Å². The van der Waals surface area contributed by atoms with Crippen LogP contribution in [0.3, 0.4) is 0 Å². The predicted molar refractivity (Wildman–Crippen MR) is 86.5 cm³/mol. The number of benzene rings is 1. The van der Waals surface area contributed by atoms with E-state index in [2.05, 4.69) is 30.1 Å². The lowest BCUT2D eigenvalue weighted by atomic mass is 9.94. The van der Waals surface area contributed by atoms with Gasteiger partial charge < -0.3 is 9.64 Å². The van der Waals surface area contributed by atoms with Crippen molar-refractivity contribution in [1.29, 1.82) is 5.26 Å².